The summed E-state index contributed by atoms with van der Waals surface area (Å²) in [6.07, 6.45) is 5.09. The van der Waals surface area contributed by atoms with Crippen LogP contribution in [0.1, 0.15) is 53.4 Å². The molecule has 0 aromatic rings. The number of unbranched alkanes of at least 4 members (excludes halogenated alkanes) is 2. The van der Waals surface area contributed by atoms with Gasteiger partial charge in [-0.1, -0.05) is 26.7 Å². The summed E-state index contributed by atoms with van der Waals surface area (Å²) in [6, 6.07) is 0. The largest absolute Gasteiger partial charge is 0.394 e. The molecule has 13 heavy (non-hydrogen) atoms. The maximum atomic E-state index is 8.06. The van der Waals surface area contributed by atoms with E-state index >= 15 is 0 Å². The topological polar surface area (TPSA) is 32.3 Å². The van der Waals surface area contributed by atoms with E-state index in [0.29, 0.717) is 0 Å². The predicted octanol–water partition coefficient (Wildman–Crippen LogP) is 2.56. The van der Waals surface area contributed by atoms with Crippen molar-refractivity contribution in [1.82, 2.24) is 5.32 Å². The van der Waals surface area contributed by atoms with Crippen LogP contribution in [0.2, 0.25) is 0 Å². The third-order valence-corrected chi connectivity index (χ3v) is 1.41. The van der Waals surface area contributed by atoms with Crippen LogP contribution in [0, 0.1) is 0 Å². The number of aliphatic hydroxyl groups excluding tert-OH is 1. The van der Waals surface area contributed by atoms with Gasteiger partial charge in [0, 0.05) is 6.10 Å². The van der Waals surface area contributed by atoms with Gasteiger partial charge >= 0.3 is 0 Å². The third-order valence-electron chi connectivity index (χ3n) is 1.41. The Morgan fingerprint density at radius 2 is 1.31 bits per heavy atom. The van der Waals surface area contributed by atoms with Gasteiger partial charge in [0.25, 0.3) is 0 Å². The maximum absolute atomic E-state index is 8.06. The Morgan fingerprint density at radius 3 is 1.54 bits per heavy atom. The lowest BCUT2D eigenvalue weighted by molar-refractivity contribution is 0.216. The summed E-state index contributed by atoms with van der Waals surface area (Å²) < 4.78 is 0. The minimum absolute atomic E-state index is 0.167. The Balaban J connectivity index is 0. The number of nitrogens with one attached hydrogen (secondary N) is 1. The Bertz CT molecular complexity index is 65.7. The molecule has 0 aromatic heterocycles. The van der Waals surface area contributed by atoms with Crippen molar-refractivity contribution in [2.45, 2.75) is 59.5 Å². The molecule has 0 radical (unpaired) electrons. The second-order valence-electron chi connectivity index (χ2n) is 3.55. The van der Waals surface area contributed by atoms with E-state index in [-0.39, 0.29) is 6.10 Å². The minimum atomic E-state index is -0.167. The monoisotopic (exact) mass is 189 g/mol. The molecule has 0 aliphatic rings. The Morgan fingerprint density at radius 1 is 1.00 bits per heavy atom. The minimum Gasteiger partial charge on any atom is -0.394 e. The van der Waals surface area contributed by atoms with Crippen molar-refractivity contribution in [3.8, 4) is 0 Å². The molecule has 0 saturated carbocycles. The van der Waals surface area contributed by atoms with Gasteiger partial charge in [0.15, 0.2) is 0 Å². The van der Waals surface area contributed by atoms with Gasteiger partial charge in [0.1, 0.15) is 0 Å². The highest BCUT2D eigenvalue weighted by Gasteiger charge is 1.83. The van der Waals surface area contributed by atoms with Crippen molar-refractivity contribution >= 4 is 0 Å². The highest BCUT2D eigenvalue weighted by molar-refractivity contribution is 4.45. The molecule has 0 unspecified atom stereocenters. The molecule has 0 bridgehead atoms. The highest BCUT2D eigenvalue weighted by atomic mass is 16.3. The molecule has 0 aliphatic carbocycles. The first-order chi connectivity index (χ1) is 6.15. The van der Waals surface area contributed by atoms with Crippen LogP contribution in [0.15, 0.2) is 0 Å². The van der Waals surface area contributed by atoms with Crippen molar-refractivity contribution in [3.63, 3.8) is 0 Å². The molecule has 0 spiro atoms. The molecule has 0 aliphatic heterocycles. The number of rotatable bonds is 6. The zero-order valence-electron chi connectivity index (χ0n) is 9.77. The molecular formula is C11H27NO. The first kappa shape index (κ1) is 15.4. The molecule has 0 saturated heterocycles. The summed E-state index contributed by atoms with van der Waals surface area (Å²) in [5.74, 6) is 0. The van der Waals surface area contributed by atoms with E-state index in [0.717, 1.165) is 0 Å². The fourth-order valence-electron chi connectivity index (χ4n) is 0.729. The van der Waals surface area contributed by atoms with Crippen LogP contribution in [0.5, 0.6) is 0 Å². The molecule has 0 atom stereocenters. The van der Waals surface area contributed by atoms with Crippen LogP contribution in [0.25, 0.3) is 0 Å². The Hall–Kier alpha value is -0.0800. The molecule has 0 rings (SSSR count). The van der Waals surface area contributed by atoms with Crippen LogP contribution < -0.4 is 5.32 Å². The van der Waals surface area contributed by atoms with E-state index < -0.39 is 0 Å². The SMILES string of the molecule is CC(C)O.CCCCNCCCC. The van der Waals surface area contributed by atoms with Gasteiger partial charge in [-0.25, -0.2) is 0 Å². The van der Waals surface area contributed by atoms with Crippen molar-refractivity contribution in [2.24, 2.45) is 0 Å². The van der Waals surface area contributed by atoms with Gasteiger partial charge in [-0.3, -0.25) is 0 Å². The van der Waals surface area contributed by atoms with Crippen molar-refractivity contribution in [2.75, 3.05) is 13.1 Å². The second kappa shape index (κ2) is 14.4. The Labute approximate surface area is 83.7 Å². The number of aliphatic hydroxyl groups is 1. The summed E-state index contributed by atoms with van der Waals surface area (Å²) in [7, 11) is 0. The van der Waals surface area contributed by atoms with Crippen LogP contribution in [-0.4, -0.2) is 24.3 Å². The molecule has 2 heteroatoms. The molecular weight excluding hydrogens is 162 g/mol. The molecule has 0 heterocycles. The summed E-state index contributed by atoms with van der Waals surface area (Å²) in [5.41, 5.74) is 0. The van der Waals surface area contributed by atoms with Gasteiger partial charge in [0.2, 0.25) is 0 Å². The quantitative estimate of drug-likeness (QED) is 0.629. The second-order valence-corrected chi connectivity index (χ2v) is 3.55. The third kappa shape index (κ3) is 33.5. The van der Waals surface area contributed by atoms with Crippen molar-refractivity contribution in [1.29, 1.82) is 0 Å². The normalized spacial score (nSPS) is 9.69. The standard InChI is InChI=1S/C8H19N.C3H8O/c1-3-5-7-9-8-6-4-2;1-3(2)4/h9H,3-8H2,1-2H3;3-4H,1-2H3. The average Bonchev–Trinajstić information content (AvgIpc) is 2.03. The summed E-state index contributed by atoms with van der Waals surface area (Å²) in [6.45, 7) is 10.3. The van der Waals surface area contributed by atoms with E-state index in [2.05, 4.69) is 19.2 Å². The zero-order valence-corrected chi connectivity index (χ0v) is 9.77. The lowest BCUT2D eigenvalue weighted by Crippen LogP contribution is -2.15. The number of hydrogen-bond acceptors (Lipinski definition) is 2. The van der Waals surface area contributed by atoms with Crippen LogP contribution in [0.3, 0.4) is 0 Å². The van der Waals surface area contributed by atoms with E-state index in [9.17, 15) is 0 Å². The fourth-order valence-corrected chi connectivity index (χ4v) is 0.729. The average molecular weight is 189 g/mol. The van der Waals surface area contributed by atoms with Gasteiger partial charge in [0.05, 0.1) is 0 Å². The van der Waals surface area contributed by atoms with Gasteiger partial charge in [-0.2, -0.15) is 0 Å². The summed E-state index contributed by atoms with van der Waals surface area (Å²) in [5, 5.41) is 11.4. The first-order valence-corrected chi connectivity index (χ1v) is 5.53. The fraction of sp³-hybridized carbons (Fsp3) is 1.00. The summed E-state index contributed by atoms with van der Waals surface area (Å²) >= 11 is 0. The van der Waals surface area contributed by atoms with Gasteiger partial charge in [-0.15, -0.1) is 0 Å². The van der Waals surface area contributed by atoms with Crippen molar-refractivity contribution in [3.05, 3.63) is 0 Å². The molecule has 0 aromatic carbocycles. The predicted molar refractivity (Wildman–Crippen MR) is 60.0 cm³/mol. The van der Waals surface area contributed by atoms with Gasteiger partial charge in [-0.05, 0) is 39.8 Å². The van der Waals surface area contributed by atoms with E-state index in [1.807, 2.05) is 0 Å². The van der Waals surface area contributed by atoms with Crippen molar-refractivity contribution < 1.29 is 5.11 Å². The molecule has 2 nitrogen and oxygen atoms in total. The Kier molecular flexibility index (Phi) is 17.1. The first-order valence-electron chi connectivity index (χ1n) is 5.53. The van der Waals surface area contributed by atoms with Gasteiger partial charge < -0.3 is 10.4 Å². The van der Waals surface area contributed by atoms with E-state index in [1.165, 1.54) is 38.8 Å². The lowest BCUT2D eigenvalue weighted by atomic mass is 10.3. The van der Waals surface area contributed by atoms with E-state index in [1.54, 1.807) is 13.8 Å². The molecule has 2 N–H and O–H groups in total. The highest BCUT2D eigenvalue weighted by Crippen LogP contribution is 1.85. The van der Waals surface area contributed by atoms with Crippen LogP contribution >= 0.6 is 0 Å². The smallest absolute Gasteiger partial charge is 0.0483 e. The molecule has 82 valence electrons. The maximum Gasteiger partial charge on any atom is 0.0483 e. The van der Waals surface area contributed by atoms with E-state index in [4.69, 9.17) is 5.11 Å². The molecule has 0 fully saturated rings. The number of hydrogen-bond donors (Lipinski definition) is 2. The molecule has 0 amide bonds. The van der Waals surface area contributed by atoms with Crippen LogP contribution in [-0.2, 0) is 0 Å². The van der Waals surface area contributed by atoms with Crippen LogP contribution in [0.4, 0.5) is 0 Å². The summed E-state index contributed by atoms with van der Waals surface area (Å²) in [4.78, 5) is 0. The zero-order chi connectivity index (χ0) is 10.5. The lowest BCUT2D eigenvalue weighted by Gasteiger charge is -1.99.